The van der Waals surface area contributed by atoms with E-state index in [1.807, 2.05) is 0 Å². The van der Waals surface area contributed by atoms with E-state index in [1.54, 1.807) is 0 Å². The van der Waals surface area contributed by atoms with Crippen molar-refractivity contribution in [1.29, 1.82) is 0 Å². The average molecular weight is 140 g/mol. The summed E-state index contributed by atoms with van der Waals surface area (Å²) in [5.74, 6) is 0. The van der Waals surface area contributed by atoms with E-state index in [-0.39, 0.29) is 5.48 Å². The van der Waals surface area contributed by atoms with Crippen molar-refractivity contribution in [2.45, 2.75) is 0 Å². The third-order valence-electron chi connectivity index (χ3n) is 0. The zero-order valence-electron chi connectivity index (χ0n) is 3.75. The van der Waals surface area contributed by atoms with Crippen LogP contribution in [-0.2, 0) is 5.48 Å². The topological polar surface area (TPSA) is 161 Å². The average Bonchev–Trinajstić information content (AvgIpc) is 1.25. The summed E-state index contributed by atoms with van der Waals surface area (Å²) in [6.45, 7) is 0. The van der Waals surface area contributed by atoms with E-state index in [2.05, 4.69) is 0 Å². The molecule has 0 aromatic heterocycles. The van der Waals surface area contributed by atoms with Crippen LogP contribution < -0.4 is 0 Å². The fourth-order valence-corrected chi connectivity index (χ4v) is 0. The molecule has 0 saturated carbocycles. The lowest BCUT2D eigenvalue weighted by Gasteiger charge is -1.74. The Labute approximate surface area is 47.7 Å². The van der Waals surface area contributed by atoms with Crippen LogP contribution in [0.5, 0.6) is 0 Å². The molecule has 9 nitrogen and oxygen atoms in total. The molecule has 0 aromatic rings. The van der Waals surface area contributed by atoms with E-state index >= 15 is 0 Å². The number of rotatable bonds is 0. The van der Waals surface area contributed by atoms with Crippen molar-refractivity contribution in [2.24, 2.45) is 0 Å². The summed E-state index contributed by atoms with van der Waals surface area (Å²) >= 11 is 0. The zero-order chi connectivity index (χ0) is 7.15. The van der Waals surface area contributed by atoms with Gasteiger partial charge >= 0.3 is 5.48 Å². The Morgan fingerprint density at radius 1 is 0.778 bits per heavy atom. The molecule has 0 saturated heterocycles. The van der Waals surface area contributed by atoms with Crippen LogP contribution in [0.25, 0.3) is 0 Å². The van der Waals surface area contributed by atoms with E-state index in [4.69, 9.17) is 30.6 Å². The molecule has 0 N–H and O–H groups in total. The smallest absolute Gasteiger partial charge is 0.356 e. The van der Waals surface area contributed by atoms with Gasteiger partial charge in [-0.2, -0.15) is 0 Å². The maximum Gasteiger partial charge on any atom is 2.00 e. The van der Waals surface area contributed by atoms with E-state index in [0.29, 0.717) is 0 Å². The Morgan fingerprint density at radius 3 is 0.778 bits per heavy atom. The summed E-state index contributed by atoms with van der Waals surface area (Å²) in [7, 11) is 0. The fraction of sp³-hybridized carbons (Fsp3) is 0. The highest BCUT2D eigenvalue weighted by Crippen LogP contribution is 1.44. The van der Waals surface area contributed by atoms with Crippen molar-refractivity contribution in [2.75, 3.05) is 0 Å². The van der Waals surface area contributed by atoms with Gasteiger partial charge in [0.2, 0.25) is 0 Å². The molecule has 0 aliphatic carbocycles. The van der Waals surface area contributed by atoms with Gasteiger partial charge in [0.1, 0.15) is 0 Å². The Kier molecular flexibility index (Phi) is 16.7. The van der Waals surface area contributed by atoms with Crippen molar-refractivity contribution < 1.29 is 15.6 Å². The highest BCUT2D eigenvalue weighted by molar-refractivity contribution is 4.04. The third kappa shape index (κ3) is 45.0. The molecular formula is N2O7. The Bertz CT molecular complexity index is 64.9. The quantitative estimate of drug-likeness (QED) is 0.322. The maximum atomic E-state index is 8.25. The van der Waals surface area contributed by atoms with E-state index in [0.717, 1.165) is 0 Å². The van der Waals surface area contributed by atoms with Gasteiger partial charge in [-0.05, 0) is 0 Å². The molecule has 0 aliphatic rings. The first kappa shape index (κ1) is 15.7. The van der Waals surface area contributed by atoms with Gasteiger partial charge in [0.05, 0.1) is 10.2 Å². The first-order chi connectivity index (χ1) is 3.46. The van der Waals surface area contributed by atoms with Gasteiger partial charge in [0.25, 0.3) is 0 Å². The minimum atomic E-state index is -1.75. The second-order valence-corrected chi connectivity index (χ2v) is 0.447. The van der Waals surface area contributed by atoms with Gasteiger partial charge in [-0.15, -0.1) is 0 Å². The van der Waals surface area contributed by atoms with E-state index < -0.39 is 10.2 Å². The Morgan fingerprint density at radius 2 is 0.778 bits per heavy atom. The molecule has 9 heavy (non-hydrogen) atoms. The maximum absolute atomic E-state index is 8.25. The highest BCUT2D eigenvalue weighted by Gasteiger charge is 2.00. The van der Waals surface area contributed by atoms with Crippen LogP contribution in [0, 0.1) is 30.6 Å². The van der Waals surface area contributed by atoms with Crippen LogP contribution in [0.4, 0.5) is 0 Å². The molecule has 0 aromatic carbocycles. The lowest BCUT2D eigenvalue weighted by Crippen LogP contribution is -1.74. The molecule has 0 fully saturated rings. The lowest BCUT2D eigenvalue weighted by molar-refractivity contribution is -0.403. The van der Waals surface area contributed by atoms with Crippen molar-refractivity contribution >= 4 is 0 Å². The van der Waals surface area contributed by atoms with Crippen LogP contribution in [0.3, 0.4) is 0 Å². The summed E-state index contributed by atoms with van der Waals surface area (Å²) < 4.78 is 0. The monoisotopic (exact) mass is 140 g/mol. The van der Waals surface area contributed by atoms with Crippen molar-refractivity contribution in [1.82, 2.24) is 0 Å². The first-order valence-corrected chi connectivity index (χ1v) is 1.10. The van der Waals surface area contributed by atoms with Gasteiger partial charge in [0, 0.05) is 0 Å². The molecule has 0 unspecified atom stereocenters. The van der Waals surface area contributed by atoms with Crippen LogP contribution in [-0.4, -0.2) is 10.2 Å². The fourth-order valence-electron chi connectivity index (χ4n) is 0. The number of hydrogen-bond acceptors (Lipinski definition) is 6. The molecule has 4 radical (unpaired) electrons. The zero-order valence-corrected chi connectivity index (χ0v) is 3.75. The lowest BCUT2D eigenvalue weighted by atomic mass is 13.1. The van der Waals surface area contributed by atoms with Crippen LogP contribution in [0.2, 0.25) is 0 Å². The van der Waals surface area contributed by atoms with Gasteiger partial charge in [-0.3, -0.25) is 0 Å². The van der Waals surface area contributed by atoms with Crippen LogP contribution >= 0.6 is 0 Å². The molecule has 0 aliphatic heterocycles. The molecule has 0 amide bonds. The molecule has 52 valence electrons. The van der Waals surface area contributed by atoms with Crippen molar-refractivity contribution in [3.63, 3.8) is 0 Å². The van der Waals surface area contributed by atoms with Gasteiger partial charge in [-0.1, -0.05) is 0 Å². The molecule has 0 atom stereocenters. The van der Waals surface area contributed by atoms with Gasteiger partial charge in [0.15, 0.2) is 0 Å². The second-order valence-electron chi connectivity index (χ2n) is 0.447. The highest BCUT2D eigenvalue weighted by atomic mass is 16.9. The van der Waals surface area contributed by atoms with Crippen molar-refractivity contribution in [3.8, 4) is 0 Å². The van der Waals surface area contributed by atoms with Crippen molar-refractivity contribution in [3.05, 3.63) is 30.6 Å². The van der Waals surface area contributed by atoms with Crippen LogP contribution in [0.15, 0.2) is 0 Å². The predicted molar refractivity (Wildman–Crippen MR) is 21.4 cm³/mol. The van der Waals surface area contributed by atoms with E-state index in [1.165, 1.54) is 0 Å². The molecule has 0 heterocycles. The molecular weight excluding hydrogens is 140 g/mol. The summed E-state index contributed by atoms with van der Waals surface area (Å²) in [5, 5.41) is 29.5. The standard InChI is InChI=1S/2NO3.O/c2*2-1(3)4;/q2*-1;+2. The van der Waals surface area contributed by atoms with Crippen LogP contribution in [0.1, 0.15) is 0 Å². The van der Waals surface area contributed by atoms with E-state index in [9.17, 15) is 0 Å². The Balaban J connectivity index is -0.0000000720. The summed E-state index contributed by atoms with van der Waals surface area (Å²) in [4.78, 5) is 16.5. The summed E-state index contributed by atoms with van der Waals surface area (Å²) in [6, 6.07) is 0. The number of nitrogens with zero attached hydrogens (tertiary/aromatic N) is 2. The predicted octanol–water partition coefficient (Wildman–Crippen LogP) is -0.597. The minimum Gasteiger partial charge on any atom is -0.356 e. The Hall–Kier alpha value is -1.64. The summed E-state index contributed by atoms with van der Waals surface area (Å²) in [6.07, 6.45) is 0. The van der Waals surface area contributed by atoms with Gasteiger partial charge < -0.3 is 30.6 Å². The molecule has 0 rings (SSSR count). The largest absolute Gasteiger partial charge is 2.00 e. The number of hydrogen-bond donors (Lipinski definition) is 0. The third-order valence-corrected chi connectivity index (χ3v) is 0. The second kappa shape index (κ2) is 9.61. The summed E-state index contributed by atoms with van der Waals surface area (Å²) in [5.41, 5.74) is 0. The normalized spacial score (nSPS) is 5.33. The molecule has 9 heteroatoms. The minimum absolute atomic E-state index is 0. The first-order valence-electron chi connectivity index (χ1n) is 1.10. The SMILES string of the molecule is O=[N+]([O-])[O-].O=[N+]([O-])[O-].[O+2]. The molecule has 0 bridgehead atoms. The molecule has 0 spiro atoms. The van der Waals surface area contributed by atoms with Gasteiger partial charge in [-0.25, -0.2) is 0 Å².